The van der Waals surface area contributed by atoms with Crippen molar-refractivity contribution in [1.82, 2.24) is 0 Å². The third kappa shape index (κ3) is 5.70. The maximum Gasteiger partial charge on any atom is 0.248 e. The van der Waals surface area contributed by atoms with Crippen LogP contribution in [0.1, 0.15) is 63.1 Å². The van der Waals surface area contributed by atoms with Gasteiger partial charge in [0.15, 0.2) is 0 Å². The number of halogens is 1. The molecule has 0 fully saturated rings. The monoisotopic (exact) mass is 429 g/mol. The van der Waals surface area contributed by atoms with E-state index in [1.165, 1.54) is 0 Å². The SMILES string of the molecule is CCOc1ccc(Br)cc1/C=C/C(=O)Nc1c(C(C)C)cccc1C(C)C. The molecule has 2 rings (SSSR count). The number of hydrogen-bond donors (Lipinski definition) is 1. The van der Waals surface area contributed by atoms with E-state index in [0.29, 0.717) is 18.4 Å². The van der Waals surface area contributed by atoms with Crippen molar-refractivity contribution < 1.29 is 9.53 Å². The number of carbonyl (C=O) groups excluding carboxylic acids is 1. The fourth-order valence-electron chi connectivity index (χ4n) is 2.96. The molecule has 0 aliphatic heterocycles. The first-order valence-electron chi connectivity index (χ1n) is 9.37. The molecule has 27 heavy (non-hydrogen) atoms. The molecule has 0 spiro atoms. The molecule has 0 aromatic heterocycles. The van der Waals surface area contributed by atoms with Crippen molar-refractivity contribution in [3.05, 3.63) is 63.6 Å². The Morgan fingerprint density at radius 3 is 2.30 bits per heavy atom. The molecule has 0 saturated carbocycles. The molecule has 4 heteroatoms. The lowest BCUT2D eigenvalue weighted by atomic mass is 9.92. The summed E-state index contributed by atoms with van der Waals surface area (Å²) in [6, 6.07) is 12.0. The van der Waals surface area contributed by atoms with E-state index in [1.54, 1.807) is 12.2 Å². The Balaban J connectivity index is 2.29. The lowest BCUT2D eigenvalue weighted by Gasteiger charge is -2.19. The Morgan fingerprint density at radius 1 is 1.11 bits per heavy atom. The van der Waals surface area contributed by atoms with Gasteiger partial charge in [-0.25, -0.2) is 0 Å². The highest BCUT2D eigenvalue weighted by Gasteiger charge is 2.15. The van der Waals surface area contributed by atoms with Crippen LogP contribution in [0.3, 0.4) is 0 Å². The summed E-state index contributed by atoms with van der Waals surface area (Å²) in [5.41, 5.74) is 4.10. The molecule has 2 aromatic carbocycles. The average molecular weight is 430 g/mol. The molecule has 2 aromatic rings. The first-order valence-corrected chi connectivity index (χ1v) is 10.2. The highest BCUT2D eigenvalue weighted by molar-refractivity contribution is 9.10. The minimum absolute atomic E-state index is 0.146. The summed E-state index contributed by atoms with van der Waals surface area (Å²) in [4.78, 5) is 12.6. The smallest absolute Gasteiger partial charge is 0.248 e. The highest BCUT2D eigenvalue weighted by Crippen LogP contribution is 2.32. The fraction of sp³-hybridized carbons (Fsp3) is 0.348. The van der Waals surface area contributed by atoms with Gasteiger partial charge in [-0.15, -0.1) is 0 Å². The molecule has 0 heterocycles. The molecule has 3 nitrogen and oxygen atoms in total. The van der Waals surface area contributed by atoms with Crippen LogP contribution < -0.4 is 10.1 Å². The Labute approximate surface area is 171 Å². The second kappa shape index (κ2) is 9.75. The standard InChI is InChI=1S/C23H28BrNO2/c1-6-27-21-12-11-18(24)14-17(21)10-13-22(26)25-23-19(15(2)3)8-7-9-20(23)16(4)5/h7-16H,6H2,1-5H3,(H,25,26)/b13-10+. The molecular weight excluding hydrogens is 402 g/mol. The number of amides is 1. The Hall–Kier alpha value is -2.07. The van der Waals surface area contributed by atoms with E-state index in [1.807, 2.05) is 25.1 Å². The van der Waals surface area contributed by atoms with Gasteiger partial charge in [0.25, 0.3) is 0 Å². The van der Waals surface area contributed by atoms with Crippen LogP contribution >= 0.6 is 15.9 Å². The Kier molecular flexibility index (Phi) is 7.66. The molecule has 0 atom stereocenters. The van der Waals surface area contributed by atoms with E-state index in [9.17, 15) is 4.79 Å². The number of rotatable bonds is 7. The van der Waals surface area contributed by atoms with Crippen LogP contribution in [0.4, 0.5) is 5.69 Å². The van der Waals surface area contributed by atoms with Crippen LogP contribution in [0, 0.1) is 0 Å². The number of benzene rings is 2. The summed E-state index contributed by atoms with van der Waals surface area (Å²) in [7, 11) is 0. The number of ether oxygens (including phenoxy) is 1. The van der Waals surface area contributed by atoms with Crippen molar-refractivity contribution in [2.75, 3.05) is 11.9 Å². The first kappa shape index (κ1) is 21.2. The summed E-state index contributed by atoms with van der Waals surface area (Å²) >= 11 is 3.47. The fourth-order valence-corrected chi connectivity index (χ4v) is 3.34. The first-order chi connectivity index (χ1) is 12.8. The summed E-state index contributed by atoms with van der Waals surface area (Å²) < 4.78 is 6.58. The number of carbonyl (C=O) groups is 1. The van der Waals surface area contributed by atoms with E-state index < -0.39 is 0 Å². The molecule has 144 valence electrons. The Bertz CT molecular complexity index is 799. The van der Waals surface area contributed by atoms with E-state index in [-0.39, 0.29) is 5.91 Å². The van der Waals surface area contributed by atoms with Gasteiger partial charge >= 0.3 is 0 Å². The summed E-state index contributed by atoms with van der Waals surface area (Å²) in [5.74, 6) is 1.28. The van der Waals surface area contributed by atoms with Crippen LogP contribution in [0.5, 0.6) is 5.75 Å². The molecular formula is C23H28BrNO2. The summed E-state index contributed by atoms with van der Waals surface area (Å²) in [6.45, 7) is 11.1. The van der Waals surface area contributed by atoms with Gasteiger partial charge in [0.2, 0.25) is 5.91 Å². The van der Waals surface area contributed by atoms with Crippen molar-refractivity contribution in [2.45, 2.75) is 46.5 Å². The van der Waals surface area contributed by atoms with Crippen LogP contribution in [0.2, 0.25) is 0 Å². The van der Waals surface area contributed by atoms with E-state index >= 15 is 0 Å². The molecule has 0 saturated heterocycles. The number of anilines is 1. The maximum atomic E-state index is 12.6. The molecule has 0 aliphatic carbocycles. The number of nitrogens with one attached hydrogen (secondary N) is 1. The van der Waals surface area contributed by atoms with Crippen LogP contribution in [0.15, 0.2) is 46.9 Å². The number of para-hydroxylation sites is 1. The zero-order valence-corrected chi connectivity index (χ0v) is 18.3. The van der Waals surface area contributed by atoms with E-state index in [2.05, 4.69) is 67.1 Å². The van der Waals surface area contributed by atoms with Gasteiger partial charge in [0.05, 0.1) is 6.61 Å². The molecule has 0 unspecified atom stereocenters. The molecule has 1 amide bonds. The lowest BCUT2D eigenvalue weighted by Crippen LogP contribution is -2.13. The van der Waals surface area contributed by atoms with E-state index in [0.717, 1.165) is 32.6 Å². The third-order valence-corrected chi connectivity index (χ3v) is 4.80. The van der Waals surface area contributed by atoms with Gasteiger partial charge < -0.3 is 10.1 Å². The predicted octanol–water partition coefficient (Wildman–Crippen LogP) is 6.75. The van der Waals surface area contributed by atoms with Gasteiger partial charge in [-0.3, -0.25) is 4.79 Å². The average Bonchev–Trinajstić information content (AvgIpc) is 2.61. The lowest BCUT2D eigenvalue weighted by molar-refractivity contribution is -0.111. The quantitative estimate of drug-likeness (QED) is 0.494. The topological polar surface area (TPSA) is 38.3 Å². The van der Waals surface area contributed by atoms with Gasteiger partial charge in [-0.05, 0) is 54.2 Å². The van der Waals surface area contributed by atoms with E-state index in [4.69, 9.17) is 4.74 Å². The minimum Gasteiger partial charge on any atom is -0.493 e. The normalized spacial score (nSPS) is 11.4. The molecule has 0 radical (unpaired) electrons. The zero-order chi connectivity index (χ0) is 20.0. The maximum absolute atomic E-state index is 12.6. The van der Waals surface area contributed by atoms with Gasteiger partial charge in [-0.1, -0.05) is 61.8 Å². The van der Waals surface area contributed by atoms with Crippen LogP contribution in [-0.4, -0.2) is 12.5 Å². The Morgan fingerprint density at radius 2 is 1.74 bits per heavy atom. The van der Waals surface area contributed by atoms with Crippen LogP contribution in [-0.2, 0) is 4.79 Å². The van der Waals surface area contributed by atoms with Crippen molar-refractivity contribution in [1.29, 1.82) is 0 Å². The molecule has 0 aliphatic rings. The second-order valence-electron chi connectivity index (χ2n) is 7.06. The summed E-state index contributed by atoms with van der Waals surface area (Å²) in [5, 5.41) is 3.10. The third-order valence-electron chi connectivity index (χ3n) is 4.31. The minimum atomic E-state index is -0.146. The van der Waals surface area contributed by atoms with Crippen molar-refractivity contribution in [3.63, 3.8) is 0 Å². The predicted molar refractivity (Wildman–Crippen MR) is 118 cm³/mol. The van der Waals surface area contributed by atoms with Crippen molar-refractivity contribution >= 4 is 33.6 Å². The van der Waals surface area contributed by atoms with Crippen LogP contribution in [0.25, 0.3) is 6.08 Å². The summed E-state index contributed by atoms with van der Waals surface area (Å²) in [6.07, 6.45) is 3.35. The molecule has 1 N–H and O–H groups in total. The highest BCUT2D eigenvalue weighted by atomic mass is 79.9. The van der Waals surface area contributed by atoms with Gasteiger partial charge in [0, 0.05) is 21.8 Å². The van der Waals surface area contributed by atoms with Crippen molar-refractivity contribution in [3.8, 4) is 5.75 Å². The second-order valence-corrected chi connectivity index (χ2v) is 7.97. The zero-order valence-electron chi connectivity index (χ0n) is 16.7. The van der Waals surface area contributed by atoms with Gasteiger partial charge in [0.1, 0.15) is 5.75 Å². The molecule has 0 bridgehead atoms. The largest absolute Gasteiger partial charge is 0.493 e. The van der Waals surface area contributed by atoms with Gasteiger partial charge in [-0.2, -0.15) is 0 Å². The van der Waals surface area contributed by atoms with Crippen molar-refractivity contribution in [2.24, 2.45) is 0 Å². The number of hydrogen-bond acceptors (Lipinski definition) is 2.